The molecule has 0 unspecified atom stereocenters. The minimum absolute atomic E-state index is 0.0603. The molecule has 0 aromatic rings. The molecule has 0 rings (SSSR count). The van der Waals surface area contributed by atoms with Crippen LogP contribution in [-0.4, -0.2) is 44.7 Å². The van der Waals surface area contributed by atoms with Crippen molar-refractivity contribution in [3.63, 3.8) is 0 Å². The molecule has 25 heavy (non-hydrogen) atoms. The number of carbonyl (C=O) groups is 1. The summed E-state index contributed by atoms with van der Waals surface area (Å²) in [5.41, 5.74) is 0. The van der Waals surface area contributed by atoms with Crippen molar-refractivity contribution >= 4 is 5.97 Å². The van der Waals surface area contributed by atoms with E-state index in [4.69, 9.17) is 5.11 Å². The molecule has 0 aromatic heterocycles. The topological polar surface area (TPSA) is 98.0 Å². The molecule has 3 atom stereocenters. The monoisotopic (exact) mass is 350 g/mol. The predicted molar refractivity (Wildman–Crippen MR) is 100 cm³/mol. The number of hydrogen-bond acceptors (Lipinski definition) is 4. The first-order chi connectivity index (χ1) is 12.0. The van der Waals surface area contributed by atoms with Gasteiger partial charge in [0.1, 0.15) is 0 Å². The lowest BCUT2D eigenvalue weighted by molar-refractivity contribution is -0.137. The quantitative estimate of drug-likeness (QED) is 0.383. The fourth-order valence-electron chi connectivity index (χ4n) is 1.78. The highest BCUT2D eigenvalue weighted by atomic mass is 16.4. The fraction of sp³-hybridized carbons (Fsp3) is 0.450. The van der Waals surface area contributed by atoms with E-state index in [1.54, 1.807) is 54.7 Å². The molecule has 0 saturated heterocycles. The first-order valence-electron chi connectivity index (χ1n) is 8.56. The third kappa shape index (κ3) is 16.7. The van der Waals surface area contributed by atoms with Crippen molar-refractivity contribution in [1.82, 2.24) is 0 Å². The number of hydrogen-bond donors (Lipinski definition) is 4. The smallest absolute Gasteiger partial charge is 0.303 e. The van der Waals surface area contributed by atoms with Gasteiger partial charge in [-0.2, -0.15) is 0 Å². The van der Waals surface area contributed by atoms with E-state index in [1.165, 1.54) is 0 Å². The van der Waals surface area contributed by atoms with Gasteiger partial charge in [0.15, 0.2) is 0 Å². The highest BCUT2D eigenvalue weighted by molar-refractivity contribution is 5.66. The minimum atomic E-state index is -0.857. The number of rotatable bonds is 13. The summed E-state index contributed by atoms with van der Waals surface area (Å²) in [5.74, 6) is -0.857. The van der Waals surface area contributed by atoms with Crippen molar-refractivity contribution in [2.45, 2.75) is 57.3 Å². The van der Waals surface area contributed by atoms with Gasteiger partial charge in [-0.25, -0.2) is 0 Å². The van der Waals surface area contributed by atoms with E-state index in [0.717, 1.165) is 0 Å². The van der Waals surface area contributed by atoms with Crippen LogP contribution in [0.1, 0.15) is 39.0 Å². The SMILES string of the molecule is CC[C@@H](O)C=CC=CC[C@@H](O)C=CC=CC=C[C@@H](O)CCCC(=O)O. The zero-order valence-electron chi connectivity index (χ0n) is 14.7. The Morgan fingerprint density at radius 1 is 0.840 bits per heavy atom. The van der Waals surface area contributed by atoms with Gasteiger partial charge in [-0.05, 0) is 25.7 Å². The van der Waals surface area contributed by atoms with E-state index in [9.17, 15) is 20.1 Å². The Morgan fingerprint density at radius 3 is 2.00 bits per heavy atom. The molecule has 0 aliphatic heterocycles. The number of aliphatic hydroxyl groups is 3. The van der Waals surface area contributed by atoms with Crippen molar-refractivity contribution in [3.8, 4) is 0 Å². The molecule has 5 heteroatoms. The third-order valence-electron chi connectivity index (χ3n) is 3.27. The molecule has 0 heterocycles. The number of allylic oxidation sites excluding steroid dienone is 6. The average Bonchev–Trinajstić information content (AvgIpc) is 2.57. The Morgan fingerprint density at radius 2 is 1.40 bits per heavy atom. The molecule has 4 N–H and O–H groups in total. The van der Waals surface area contributed by atoms with Gasteiger partial charge < -0.3 is 20.4 Å². The first-order valence-corrected chi connectivity index (χ1v) is 8.56. The van der Waals surface area contributed by atoms with Crippen LogP contribution in [0.3, 0.4) is 0 Å². The molecule has 0 radical (unpaired) electrons. The van der Waals surface area contributed by atoms with Crippen molar-refractivity contribution in [2.75, 3.05) is 0 Å². The summed E-state index contributed by atoms with van der Waals surface area (Å²) in [6.45, 7) is 1.90. The maximum Gasteiger partial charge on any atom is 0.303 e. The van der Waals surface area contributed by atoms with Crippen LogP contribution in [0.15, 0.2) is 60.8 Å². The Labute approximate surface area is 150 Å². The van der Waals surface area contributed by atoms with E-state index in [2.05, 4.69) is 0 Å². The molecule has 0 spiro atoms. The van der Waals surface area contributed by atoms with E-state index < -0.39 is 24.3 Å². The first kappa shape index (κ1) is 23.1. The van der Waals surface area contributed by atoms with Crippen LogP contribution >= 0.6 is 0 Å². The summed E-state index contributed by atoms with van der Waals surface area (Å²) in [6.07, 6.45) is 17.6. The van der Waals surface area contributed by atoms with E-state index in [1.807, 2.05) is 13.0 Å². The van der Waals surface area contributed by atoms with Gasteiger partial charge in [-0.1, -0.05) is 67.7 Å². The molecule has 5 nitrogen and oxygen atoms in total. The van der Waals surface area contributed by atoms with Crippen LogP contribution in [0.4, 0.5) is 0 Å². The lowest BCUT2D eigenvalue weighted by Crippen LogP contribution is -2.03. The van der Waals surface area contributed by atoms with Crippen LogP contribution in [0.5, 0.6) is 0 Å². The second-order valence-electron chi connectivity index (χ2n) is 5.60. The summed E-state index contributed by atoms with van der Waals surface area (Å²) in [4.78, 5) is 10.3. The highest BCUT2D eigenvalue weighted by Gasteiger charge is 2.01. The van der Waals surface area contributed by atoms with E-state index in [0.29, 0.717) is 25.7 Å². The minimum Gasteiger partial charge on any atom is -0.481 e. The summed E-state index contributed by atoms with van der Waals surface area (Å²) < 4.78 is 0. The maximum absolute atomic E-state index is 10.3. The molecule has 0 fully saturated rings. The normalized spacial score (nSPS) is 16.6. The third-order valence-corrected chi connectivity index (χ3v) is 3.27. The van der Waals surface area contributed by atoms with Crippen molar-refractivity contribution in [3.05, 3.63) is 60.8 Å². The van der Waals surface area contributed by atoms with Crippen molar-refractivity contribution in [1.29, 1.82) is 0 Å². The number of aliphatic hydroxyl groups excluding tert-OH is 3. The van der Waals surface area contributed by atoms with E-state index >= 15 is 0 Å². The lowest BCUT2D eigenvalue weighted by Gasteiger charge is -2.02. The molecule has 0 aromatic carbocycles. The lowest BCUT2D eigenvalue weighted by atomic mass is 10.1. The van der Waals surface area contributed by atoms with Gasteiger partial charge in [-0.15, -0.1) is 0 Å². The molecule has 0 amide bonds. The Kier molecular flexibility index (Phi) is 14.4. The van der Waals surface area contributed by atoms with Gasteiger partial charge in [0.25, 0.3) is 0 Å². The van der Waals surface area contributed by atoms with Gasteiger partial charge in [0, 0.05) is 6.42 Å². The maximum atomic E-state index is 10.3. The summed E-state index contributed by atoms with van der Waals surface area (Å²) in [6, 6.07) is 0. The van der Waals surface area contributed by atoms with Gasteiger partial charge >= 0.3 is 5.97 Å². The van der Waals surface area contributed by atoms with Crippen molar-refractivity contribution in [2.24, 2.45) is 0 Å². The Hall–Kier alpha value is -1.95. The molecular formula is C20H30O5. The zero-order valence-corrected chi connectivity index (χ0v) is 14.7. The number of aliphatic carboxylic acids is 1. The summed E-state index contributed by atoms with van der Waals surface area (Å²) in [5, 5.41) is 37.2. The van der Waals surface area contributed by atoms with Crippen LogP contribution < -0.4 is 0 Å². The summed E-state index contributed by atoms with van der Waals surface area (Å²) >= 11 is 0. The second kappa shape index (κ2) is 15.6. The molecule has 0 aliphatic rings. The van der Waals surface area contributed by atoms with E-state index in [-0.39, 0.29) is 6.42 Å². The molecule has 0 saturated carbocycles. The second-order valence-corrected chi connectivity index (χ2v) is 5.60. The zero-order chi connectivity index (χ0) is 18.9. The van der Waals surface area contributed by atoms with Crippen LogP contribution in [0.25, 0.3) is 0 Å². The van der Waals surface area contributed by atoms with Gasteiger partial charge in [0.2, 0.25) is 0 Å². The average molecular weight is 350 g/mol. The number of carboxylic acids is 1. The highest BCUT2D eigenvalue weighted by Crippen LogP contribution is 2.02. The van der Waals surface area contributed by atoms with Gasteiger partial charge in [0.05, 0.1) is 18.3 Å². The molecule has 0 bridgehead atoms. The van der Waals surface area contributed by atoms with Crippen molar-refractivity contribution < 1.29 is 25.2 Å². The molecule has 140 valence electrons. The largest absolute Gasteiger partial charge is 0.481 e. The Bertz CT molecular complexity index is 488. The van der Waals surface area contributed by atoms with Crippen LogP contribution in [-0.2, 0) is 4.79 Å². The predicted octanol–water partition coefficient (Wildman–Crippen LogP) is 2.91. The summed E-state index contributed by atoms with van der Waals surface area (Å²) in [7, 11) is 0. The van der Waals surface area contributed by atoms with Crippen LogP contribution in [0.2, 0.25) is 0 Å². The standard InChI is InChI=1S/C20H30O5/c1-2-17(21)11-8-5-9-14-18(22)12-6-3-4-7-13-19(23)15-10-16-20(24)25/h3-9,11-13,17-19,21-23H,2,10,14-16H2,1H3,(H,24,25)/t17-,18+,19-/m1/s1. The van der Waals surface area contributed by atoms with Gasteiger partial charge in [-0.3, -0.25) is 4.79 Å². The Balaban J connectivity index is 3.95. The molecule has 0 aliphatic carbocycles. The number of carboxylic acid groups (broad SMARTS) is 1. The van der Waals surface area contributed by atoms with Crippen LogP contribution in [0, 0.1) is 0 Å². The molecular weight excluding hydrogens is 320 g/mol. The fourth-order valence-corrected chi connectivity index (χ4v) is 1.78.